The minimum absolute atomic E-state index is 0.0607. The zero-order valence-corrected chi connectivity index (χ0v) is 9.79. The van der Waals surface area contributed by atoms with Crippen LogP contribution in [0.2, 0.25) is 0 Å². The fourth-order valence-corrected chi connectivity index (χ4v) is 1.40. The Bertz CT molecular complexity index is 361. The fourth-order valence-electron chi connectivity index (χ4n) is 1.40. The number of hydrogen-bond acceptors (Lipinski definition) is 2. The molecule has 0 aliphatic rings. The molecular weight excluding hydrogens is 188 g/mol. The van der Waals surface area contributed by atoms with Crippen LogP contribution in [0.4, 0.5) is 5.69 Å². The predicted molar refractivity (Wildman–Crippen MR) is 63.4 cm³/mol. The van der Waals surface area contributed by atoms with E-state index >= 15 is 0 Å². The van der Waals surface area contributed by atoms with Crippen molar-refractivity contribution >= 4 is 11.6 Å². The molecule has 0 atom stereocenters. The maximum Gasteiger partial charge on any atom is 0.255 e. The van der Waals surface area contributed by atoms with Crippen molar-refractivity contribution in [2.24, 2.45) is 0 Å². The van der Waals surface area contributed by atoms with Gasteiger partial charge in [-0.15, -0.1) is 0 Å². The van der Waals surface area contributed by atoms with E-state index in [0.717, 1.165) is 23.4 Å². The fraction of sp³-hybridized carbons (Fsp3) is 0.417. The quantitative estimate of drug-likeness (QED) is 0.821. The van der Waals surface area contributed by atoms with Crippen LogP contribution in [0.3, 0.4) is 0 Å². The molecule has 0 saturated heterocycles. The molecule has 82 valence electrons. The highest BCUT2D eigenvalue weighted by Crippen LogP contribution is 2.18. The van der Waals surface area contributed by atoms with E-state index in [1.165, 1.54) is 0 Å². The smallest absolute Gasteiger partial charge is 0.255 e. The van der Waals surface area contributed by atoms with Gasteiger partial charge in [-0.05, 0) is 26.0 Å². The van der Waals surface area contributed by atoms with Gasteiger partial charge in [-0.3, -0.25) is 4.79 Å². The van der Waals surface area contributed by atoms with E-state index in [2.05, 4.69) is 5.32 Å². The molecule has 0 unspecified atom stereocenters. The molecule has 0 bridgehead atoms. The molecule has 3 heteroatoms. The highest BCUT2D eigenvalue weighted by Gasteiger charge is 2.13. The molecule has 0 aliphatic heterocycles. The van der Waals surface area contributed by atoms with Gasteiger partial charge in [-0.1, -0.05) is 11.6 Å². The molecule has 0 aromatic heterocycles. The summed E-state index contributed by atoms with van der Waals surface area (Å²) < 4.78 is 0. The monoisotopic (exact) mass is 206 g/mol. The molecule has 1 N–H and O–H groups in total. The number of nitrogens with one attached hydrogen (secondary N) is 1. The second-order valence-electron chi connectivity index (χ2n) is 3.62. The molecule has 3 nitrogen and oxygen atoms in total. The van der Waals surface area contributed by atoms with Gasteiger partial charge in [0.05, 0.1) is 5.56 Å². The van der Waals surface area contributed by atoms with Crippen molar-refractivity contribution in [3.05, 3.63) is 29.3 Å². The first-order valence-corrected chi connectivity index (χ1v) is 5.14. The lowest BCUT2D eigenvalue weighted by Gasteiger charge is -2.17. The first-order chi connectivity index (χ1) is 7.10. The van der Waals surface area contributed by atoms with Crippen LogP contribution in [0.25, 0.3) is 0 Å². The molecule has 1 aromatic carbocycles. The molecule has 1 rings (SSSR count). The normalized spacial score (nSPS) is 9.87. The lowest BCUT2D eigenvalue weighted by atomic mass is 10.1. The summed E-state index contributed by atoms with van der Waals surface area (Å²) >= 11 is 0. The average molecular weight is 206 g/mol. The third-order valence-electron chi connectivity index (χ3n) is 2.50. The summed E-state index contributed by atoms with van der Waals surface area (Å²) in [4.78, 5) is 13.7. The van der Waals surface area contributed by atoms with Crippen LogP contribution in [0.5, 0.6) is 0 Å². The van der Waals surface area contributed by atoms with Gasteiger partial charge in [0.15, 0.2) is 0 Å². The van der Waals surface area contributed by atoms with Gasteiger partial charge < -0.3 is 10.2 Å². The molecule has 0 saturated carbocycles. The third kappa shape index (κ3) is 2.49. The standard InChI is InChI=1S/C12H18N2O/c1-5-14(4)12(15)10-8-9(2)6-7-11(10)13-3/h6-8,13H,5H2,1-4H3. The number of amides is 1. The predicted octanol–water partition coefficient (Wildman–Crippen LogP) is 2.13. The molecule has 0 radical (unpaired) electrons. The summed E-state index contributed by atoms with van der Waals surface area (Å²) in [7, 11) is 3.64. The number of carbonyl (C=O) groups excluding carboxylic acids is 1. The number of carbonyl (C=O) groups is 1. The lowest BCUT2D eigenvalue weighted by Crippen LogP contribution is -2.27. The molecule has 0 aliphatic carbocycles. The van der Waals surface area contributed by atoms with E-state index < -0.39 is 0 Å². The van der Waals surface area contributed by atoms with Gasteiger partial charge in [0.1, 0.15) is 0 Å². The van der Waals surface area contributed by atoms with Crippen molar-refractivity contribution in [3.63, 3.8) is 0 Å². The van der Waals surface area contributed by atoms with Crippen LogP contribution in [0, 0.1) is 6.92 Å². The van der Waals surface area contributed by atoms with E-state index in [4.69, 9.17) is 0 Å². The number of rotatable bonds is 3. The molecular formula is C12H18N2O. The molecule has 15 heavy (non-hydrogen) atoms. The number of aryl methyl sites for hydroxylation is 1. The van der Waals surface area contributed by atoms with Gasteiger partial charge in [-0.25, -0.2) is 0 Å². The van der Waals surface area contributed by atoms with Crippen molar-refractivity contribution in [1.82, 2.24) is 4.90 Å². The highest BCUT2D eigenvalue weighted by atomic mass is 16.2. The first kappa shape index (κ1) is 11.6. The lowest BCUT2D eigenvalue weighted by molar-refractivity contribution is 0.0803. The average Bonchev–Trinajstić information content (AvgIpc) is 2.27. The summed E-state index contributed by atoms with van der Waals surface area (Å²) in [5, 5.41) is 3.04. The van der Waals surface area contributed by atoms with Crippen LogP contribution >= 0.6 is 0 Å². The Hall–Kier alpha value is -1.51. The number of anilines is 1. The van der Waals surface area contributed by atoms with Crippen molar-refractivity contribution in [2.45, 2.75) is 13.8 Å². The van der Waals surface area contributed by atoms with Crippen LogP contribution in [0.1, 0.15) is 22.8 Å². The Morgan fingerprint density at radius 2 is 2.13 bits per heavy atom. The number of nitrogens with zero attached hydrogens (tertiary/aromatic N) is 1. The third-order valence-corrected chi connectivity index (χ3v) is 2.50. The molecule has 1 amide bonds. The van der Waals surface area contributed by atoms with Crippen LogP contribution in [0.15, 0.2) is 18.2 Å². The van der Waals surface area contributed by atoms with Crippen LogP contribution in [-0.2, 0) is 0 Å². The van der Waals surface area contributed by atoms with Crippen molar-refractivity contribution in [3.8, 4) is 0 Å². The van der Waals surface area contributed by atoms with Crippen LogP contribution in [-0.4, -0.2) is 31.4 Å². The Kier molecular flexibility index (Phi) is 3.72. The van der Waals surface area contributed by atoms with E-state index in [1.54, 1.807) is 4.90 Å². The molecule has 0 fully saturated rings. The van der Waals surface area contributed by atoms with Crippen LogP contribution < -0.4 is 5.32 Å². The zero-order chi connectivity index (χ0) is 11.4. The summed E-state index contributed by atoms with van der Waals surface area (Å²) in [5.74, 6) is 0.0607. The summed E-state index contributed by atoms with van der Waals surface area (Å²) in [6, 6.07) is 5.85. The zero-order valence-electron chi connectivity index (χ0n) is 9.79. The maximum absolute atomic E-state index is 12.0. The minimum atomic E-state index is 0.0607. The van der Waals surface area contributed by atoms with E-state index in [0.29, 0.717) is 0 Å². The minimum Gasteiger partial charge on any atom is -0.387 e. The van der Waals surface area contributed by atoms with E-state index in [1.807, 2.05) is 46.1 Å². The second kappa shape index (κ2) is 4.82. The Balaban J connectivity index is 3.11. The topological polar surface area (TPSA) is 32.3 Å². The van der Waals surface area contributed by atoms with Gasteiger partial charge in [0.2, 0.25) is 0 Å². The largest absolute Gasteiger partial charge is 0.387 e. The highest BCUT2D eigenvalue weighted by molar-refractivity contribution is 5.99. The van der Waals surface area contributed by atoms with E-state index in [9.17, 15) is 4.79 Å². The van der Waals surface area contributed by atoms with Gasteiger partial charge >= 0.3 is 0 Å². The number of hydrogen-bond donors (Lipinski definition) is 1. The molecule has 1 aromatic rings. The van der Waals surface area contributed by atoms with Gasteiger partial charge in [0, 0.05) is 26.3 Å². The second-order valence-corrected chi connectivity index (χ2v) is 3.62. The maximum atomic E-state index is 12.0. The summed E-state index contributed by atoms with van der Waals surface area (Å²) in [6.45, 7) is 4.67. The summed E-state index contributed by atoms with van der Waals surface area (Å²) in [5.41, 5.74) is 2.72. The molecule has 0 spiro atoms. The SMILES string of the molecule is CCN(C)C(=O)c1cc(C)ccc1NC. The first-order valence-electron chi connectivity index (χ1n) is 5.14. The summed E-state index contributed by atoms with van der Waals surface area (Å²) in [6.07, 6.45) is 0. The Morgan fingerprint density at radius 1 is 1.47 bits per heavy atom. The van der Waals surface area contributed by atoms with Crippen molar-refractivity contribution in [1.29, 1.82) is 0 Å². The van der Waals surface area contributed by atoms with Crippen molar-refractivity contribution < 1.29 is 4.79 Å². The Morgan fingerprint density at radius 3 is 2.67 bits per heavy atom. The van der Waals surface area contributed by atoms with E-state index in [-0.39, 0.29) is 5.91 Å². The van der Waals surface area contributed by atoms with Crippen molar-refractivity contribution in [2.75, 3.05) is 26.0 Å². The van der Waals surface area contributed by atoms with Gasteiger partial charge in [0.25, 0.3) is 5.91 Å². The van der Waals surface area contributed by atoms with Gasteiger partial charge in [-0.2, -0.15) is 0 Å². The Labute approximate surface area is 91.1 Å². The number of benzene rings is 1. The molecule has 0 heterocycles.